The largest absolute Gasteiger partial charge is 0.335 e. The third kappa shape index (κ3) is 2.11. The van der Waals surface area contributed by atoms with Crippen molar-refractivity contribution in [2.45, 2.75) is 40.5 Å². The Morgan fingerprint density at radius 2 is 2.00 bits per heavy atom. The molecule has 2 nitrogen and oxygen atoms in total. The molecule has 0 aliphatic heterocycles. The van der Waals surface area contributed by atoms with E-state index < -0.39 is 0 Å². The van der Waals surface area contributed by atoms with Crippen LogP contribution in [0.15, 0.2) is 0 Å². The molecule has 13 heavy (non-hydrogen) atoms. The van der Waals surface area contributed by atoms with Crippen LogP contribution in [0.2, 0.25) is 0 Å². The maximum absolute atomic E-state index is 4.63. The lowest BCUT2D eigenvalue weighted by Gasteiger charge is -2.02. The number of nitrogens with zero attached hydrogens (tertiary/aromatic N) is 2. The number of aromatic nitrogens is 2. The van der Waals surface area contributed by atoms with Gasteiger partial charge in [0.2, 0.25) is 0 Å². The van der Waals surface area contributed by atoms with Gasteiger partial charge in [-0.3, -0.25) is 0 Å². The van der Waals surface area contributed by atoms with Crippen molar-refractivity contribution in [2.75, 3.05) is 0 Å². The Balaban J connectivity index is 2.95. The third-order valence-corrected chi connectivity index (χ3v) is 2.49. The van der Waals surface area contributed by atoms with Crippen LogP contribution in [0.5, 0.6) is 0 Å². The number of hydrogen-bond acceptors (Lipinski definition) is 1. The highest BCUT2D eigenvalue weighted by Crippen LogP contribution is 2.13. The van der Waals surface area contributed by atoms with Crippen LogP contribution >= 0.6 is 0 Å². The van der Waals surface area contributed by atoms with Gasteiger partial charge in [0.05, 0.1) is 5.69 Å². The predicted octanol–water partition coefficient (Wildman–Crippen LogP) is 2.49. The molecule has 0 radical (unpaired) electrons. The number of imidazole rings is 1. The van der Waals surface area contributed by atoms with Crippen molar-refractivity contribution in [3.8, 4) is 0 Å². The van der Waals surface area contributed by atoms with E-state index in [2.05, 4.69) is 44.3 Å². The quantitative estimate of drug-likeness (QED) is 0.698. The van der Waals surface area contributed by atoms with Gasteiger partial charge in [0.25, 0.3) is 0 Å². The molecular formula is C11H20N2. The van der Waals surface area contributed by atoms with E-state index in [1.54, 1.807) is 0 Å². The van der Waals surface area contributed by atoms with Gasteiger partial charge in [-0.05, 0) is 19.3 Å². The fourth-order valence-electron chi connectivity index (χ4n) is 1.60. The second-order valence-corrected chi connectivity index (χ2v) is 4.07. The van der Waals surface area contributed by atoms with Crippen LogP contribution in [0.3, 0.4) is 0 Å². The summed E-state index contributed by atoms with van der Waals surface area (Å²) in [6, 6.07) is 0. The van der Waals surface area contributed by atoms with E-state index >= 15 is 0 Å². The number of rotatable bonds is 3. The second-order valence-electron chi connectivity index (χ2n) is 4.07. The maximum Gasteiger partial charge on any atom is 0.108 e. The fraction of sp³-hybridized carbons (Fsp3) is 0.727. The van der Waals surface area contributed by atoms with E-state index in [9.17, 15) is 0 Å². The molecular weight excluding hydrogens is 160 g/mol. The summed E-state index contributed by atoms with van der Waals surface area (Å²) in [6.07, 6.45) is 2.12. The van der Waals surface area contributed by atoms with Crippen LogP contribution in [0.1, 0.15) is 38.0 Å². The number of hydrogen-bond donors (Lipinski definition) is 0. The summed E-state index contributed by atoms with van der Waals surface area (Å²) in [6.45, 7) is 8.78. The first-order chi connectivity index (χ1) is 6.06. The molecule has 74 valence electrons. The summed E-state index contributed by atoms with van der Waals surface area (Å²) in [4.78, 5) is 4.63. The highest BCUT2D eigenvalue weighted by atomic mass is 15.1. The van der Waals surface area contributed by atoms with Gasteiger partial charge in [-0.2, -0.15) is 0 Å². The Bertz CT molecular complexity index is 285. The maximum atomic E-state index is 4.63. The molecule has 0 unspecified atom stereocenters. The molecule has 0 saturated carbocycles. The fourth-order valence-corrected chi connectivity index (χ4v) is 1.60. The lowest BCUT2D eigenvalue weighted by molar-refractivity contribution is 0.633. The molecule has 0 saturated heterocycles. The molecule has 1 heterocycles. The van der Waals surface area contributed by atoms with Crippen LogP contribution in [0.4, 0.5) is 0 Å². The molecule has 1 aromatic heterocycles. The Labute approximate surface area is 81.0 Å². The minimum atomic E-state index is 0.693. The van der Waals surface area contributed by atoms with Gasteiger partial charge in [-0.1, -0.05) is 20.8 Å². The Morgan fingerprint density at radius 3 is 2.38 bits per heavy atom. The van der Waals surface area contributed by atoms with Gasteiger partial charge in [-0.25, -0.2) is 4.98 Å². The highest BCUT2D eigenvalue weighted by molar-refractivity contribution is 5.16. The molecule has 0 aromatic carbocycles. The summed E-state index contributed by atoms with van der Waals surface area (Å²) >= 11 is 0. The molecule has 0 amide bonds. The SMILES string of the molecule is CCc1nc(CC(C)C)c(C)n1C. The average molecular weight is 180 g/mol. The lowest BCUT2D eigenvalue weighted by Crippen LogP contribution is -1.98. The van der Waals surface area contributed by atoms with Gasteiger partial charge in [0.1, 0.15) is 5.82 Å². The van der Waals surface area contributed by atoms with E-state index in [4.69, 9.17) is 0 Å². The molecule has 0 spiro atoms. The van der Waals surface area contributed by atoms with Gasteiger partial charge < -0.3 is 4.57 Å². The van der Waals surface area contributed by atoms with Gasteiger partial charge in [-0.15, -0.1) is 0 Å². The van der Waals surface area contributed by atoms with Crippen LogP contribution < -0.4 is 0 Å². The van der Waals surface area contributed by atoms with Crippen LogP contribution in [0, 0.1) is 12.8 Å². The van der Waals surface area contributed by atoms with E-state index in [0.29, 0.717) is 5.92 Å². The van der Waals surface area contributed by atoms with Gasteiger partial charge in [0.15, 0.2) is 0 Å². The molecule has 0 aliphatic carbocycles. The average Bonchev–Trinajstić information content (AvgIpc) is 2.32. The van der Waals surface area contributed by atoms with Crippen molar-refractivity contribution in [1.82, 2.24) is 9.55 Å². The lowest BCUT2D eigenvalue weighted by atomic mass is 10.1. The van der Waals surface area contributed by atoms with E-state index in [1.807, 2.05) is 0 Å². The van der Waals surface area contributed by atoms with Crippen molar-refractivity contribution in [1.29, 1.82) is 0 Å². The molecule has 1 rings (SSSR count). The Morgan fingerprint density at radius 1 is 1.38 bits per heavy atom. The molecule has 0 N–H and O–H groups in total. The molecule has 0 aliphatic rings. The first-order valence-corrected chi connectivity index (χ1v) is 5.07. The third-order valence-electron chi connectivity index (χ3n) is 2.49. The minimum absolute atomic E-state index is 0.693. The van der Waals surface area contributed by atoms with E-state index in [-0.39, 0.29) is 0 Å². The summed E-state index contributed by atoms with van der Waals surface area (Å²) < 4.78 is 2.21. The zero-order valence-corrected chi connectivity index (χ0v) is 9.39. The zero-order valence-electron chi connectivity index (χ0n) is 9.39. The summed E-state index contributed by atoms with van der Waals surface area (Å²) in [5.74, 6) is 1.89. The van der Waals surface area contributed by atoms with Crippen LogP contribution in [-0.4, -0.2) is 9.55 Å². The predicted molar refractivity (Wildman–Crippen MR) is 55.9 cm³/mol. The Hall–Kier alpha value is -0.790. The molecule has 1 aromatic rings. The van der Waals surface area contributed by atoms with E-state index in [0.717, 1.165) is 12.8 Å². The molecule has 0 atom stereocenters. The van der Waals surface area contributed by atoms with Crippen molar-refractivity contribution >= 4 is 0 Å². The first kappa shape index (κ1) is 10.3. The molecule has 2 heteroatoms. The van der Waals surface area contributed by atoms with Crippen molar-refractivity contribution in [3.63, 3.8) is 0 Å². The topological polar surface area (TPSA) is 17.8 Å². The highest BCUT2D eigenvalue weighted by Gasteiger charge is 2.10. The van der Waals surface area contributed by atoms with Crippen molar-refractivity contribution in [3.05, 3.63) is 17.2 Å². The summed E-state index contributed by atoms with van der Waals surface area (Å²) in [5.41, 5.74) is 2.60. The van der Waals surface area contributed by atoms with Crippen molar-refractivity contribution < 1.29 is 0 Å². The second kappa shape index (κ2) is 3.95. The zero-order chi connectivity index (χ0) is 10.0. The van der Waals surface area contributed by atoms with Crippen LogP contribution in [-0.2, 0) is 19.9 Å². The monoisotopic (exact) mass is 180 g/mol. The standard InChI is InChI=1S/C11H20N2/c1-6-11-12-10(7-8(2)3)9(4)13(11)5/h8H,6-7H2,1-5H3. The smallest absolute Gasteiger partial charge is 0.108 e. The van der Waals surface area contributed by atoms with E-state index in [1.165, 1.54) is 17.2 Å². The van der Waals surface area contributed by atoms with Gasteiger partial charge >= 0.3 is 0 Å². The summed E-state index contributed by atoms with van der Waals surface area (Å²) in [7, 11) is 2.10. The summed E-state index contributed by atoms with van der Waals surface area (Å²) in [5, 5.41) is 0. The minimum Gasteiger partial charge on any atom is -0.335 e. The van der Waals surface area contributed by atoms with Crippen LogP contribution in [0.25, 0.3) is 0 Å². The Kier molecular flexibility index (Phi) is 3.12. The van der Waals surface area contributed by atoms with Gasteiger partial charge in [0, 0.05) is 19.2 Å². The molecule has 0 bridgehead atoms. The normalized spacial score (nSPS) is 11.2. The van der Waals surface area contributed by atoms with Crippen molar-refractivity contribution in [2.24, 2.45) is 13.0 Å². The first-order valence-electron chi connectivity index (χ1n) is 5.07. The number of aryl methyl sites for hydroxylation is 1. The molecule has 0 fully saturated rings.